The van der Waals surface area contributed by atoms with Crippen molar-refractivity contribution in [2.75, 3.05) is 12.3 Å². The molecule has 0 amide bonds. The van der Waals surface area contributed by atoms with Gasteiger partial charge in [-0.15, -0.1) is 0 Å². The fraction of sp³-hybridized carbons (Fsp3) is 0.476. The quantitative estimate of drug-likeness (QED) is 0.709. The second-order valence-electron chi connectivity index (χ2n) is 8.21. The van der Waals surface area contributed by atoms with E-state index in [9.17, 15) is 0 Å². The van der Waals surface area contributed by atoms with Crippen LogP contribution in [0.3, 0.4) is 0 Å². The second-order valence-corrected chi connectivity index (χ2v) is 8.21. The van der Waals surface area contributed by atoms with E-state index in [1.54, 1.807) is 6.33 Å². The van der Waals surface area contributed by atoms with Gasteiger partial charge in [0, 0.05) is 5.92 Å². The fourth-order valence-corrected chi connectivity index (χ4v) is 4.51. The van der Waals surface area contributed by atoms with Crippen molar-refractivity contribution in [1.29, 1.82) is 0 Å². The molecular weight excluding hydrogens is 370 g/mol. The third-order valence-electron chi connectivity index (χ3n) is 5.74. The third kappa shape index (κ3) is 3.37. The molecule has 2 aromatic heterocycles. The van der Waals surface area contributed by atoms with E-state index in [2.05, 4.69) is 27.1 Å². The van der Waals surface area contributed by atoms with E-state index in [0.717, 1.165) is 17.6 Å². The standard InChI is InChI=1S/C21H25N5O3/c1-21(2)28-17-14(10-27-9-13-6-4-3-5-7-13)8-15(18(17)29-21)26-12-25-16-19(22)23-11-24-20(16)26/h3-7,11-12,14-15,17-18H,8-10H2,1-2H3,(H2,22,23,24)/t14-,15-,17-,18+/m1/s1. The van der Waals surface area contributed by atoms with Gasteiger partial charge in [0.15, 0.2) is 17.3 Å². The highest BCUT2D eigenvalue weighted by Gasteiger charge is 2.54. The lowest BCUT2D eigenvalue weighted by Gasteiger charge is -2.24. The molecule has 3 heterocycles. The van der Waals surface area contributed by atoms with Crippen LogP contribution in [0, 0.1) is 5.92 Å². The maximum absolute atomic E-state index is 6.28. The average molecular weight is 395 g/mol. The van der Waals surface area contributed by atoms with Gasteiger partial charge in [0.2, 0.25) is 0 Å². The predicted octanol–water partition coefficient (Wildman–Crippen LogP) is 2.71. The van der Waals surface area contributed by atoms with E-state index in [-0.39, 0.29) is 24.2 Å². The van der Waals surface area contributed by atoms with Crippen LogP contribution in [0.15, 0.2) is 43.0 Å². The van der Waals surface area contributed by atoms with Crippen LogP contribution in [0.1, 0.15) is 31.9 Å². The minimum Gasteiger partial charge on any atom is -0.382 e. The van der Waals surface area contributed by atoms with Crippen LogP contribution in [0.4, 0.5) is 5.82 Å². The van der Waals surface area contributed by atoms with Crippen molar-refractivity contribution < 1.29 is 14.2 Å². The summed E-state index contributed by atoms with van der Waals surface area (Å²) in [4.78, 5) is 12.9. The normalized spacial score (nSPS) is 28.1. The summed E-state index contributed by atoms with van der Waals surface area (Å²) < 4.78 is 20.6. The first kappa shape index (κ1) is 18.5. The summed E-state index contributed by atoms with van der Waals surface area (Å²) in [6.45, 7) is 5.10. The van der Waals surface area contributed by atoms with Crippen molar-refractivity contribution in [2.24, 2.45) is 5.92 Å². The molecule has 2 fully saturated rings. The molecule has 152 valence electrons. The third-order valence-corrected chi connectivity index (χ3v) is 5.74. The van der Waals surface area contributed by atoms with Gasteiger partial charge in [-0.2, -0.15) is 0 Å². The molecule has 8 nitrogen and oxygen atoms in total. The van der Waals surface area contributed by atoms with E-state index in [0.29, 0.717) is 24.5 Å². The number of fused-ring (bicyclic) bond motifs is 2. The van der Waals surface area contributed by atoms with Gasteiger partial charge in [-0.05, 0) is 25.8 Å². The van der Waals surface area contributed by atoms with Crippen molar-refractivity contribution in [2.45, 2.75) is 50.9 Å². The highest BCUT2D eigenvalue weighted by molar-refractivity contribution is 5.81. The summed E-state index contributed by atoms with van der Waals surface area (Å²) in [6.07, 6.45) is 3.97. The van der Waals surface area contributed by atoms with E-state index >= 15 is 0 Å². The monoisotopic (exact) mass is 395 g/mol. The number of benzene rings is 1. The van der Waals surface area contributed by atoms with Gasteiger partial charge < -0.3 is 24.5 Å². The number of anilines is 1. The molecule has 3 aromatic rings. The summed E-state index contributed by atoms with van der Waals surface area (Å²) >= 11 is 0. The zero-order valence-corrected chi connectivity index (χ0v) is 16.6. The Morgan fingerprint density at radius 2 is 1.93 bits per heavy atom. The van der Waals surface area contributed by atoms with Crippen LogP contribution in [-0.4, -0.2) is 44.1 Å². The minimum atomic E-state index is -0.629. The molecule has 29 heavy (non-hydrogen) atoms. The number of hydrogen-bond acceptors (Lipinski definition) is 7. The van der Waals surface area contributed by atoms with Crippen molar-refractivity contribution in [3.63, 3.8) is 0 Å². The van der Waals surface area contributed by atoms with Gasteiger partial charge in [0.1, 0.15) is 17.9 Å². The number of nitrogens with zero attached hydrogens (tertiary/aromatic N) is 4. The summed E-state index contributed by atoms with van der Waals surface area (Å²) in [5.74, 6) is -0.0297. The van der Waals surface area contributed by atoms with E-state index in [1.165, 1.54) is 6.33 Å². The molecule has 1 aliphatic carbocycles. The Hall–Kier alpha value is -2.55. The van der Waals surface area contributed by atoms with Crippen LogP contribution in [0.5, 0.6) is 0 Å². The molecule has 0 radical (unpaired) electrons. The molecule has 8 heteroatoms. The molecule has 1 aliphatic heterocycles. The highest BCUT2D eigenvalue weighted by atomic mass is 16.8. The first-order valence-electron chi connectivity index (χ1n) is 9.92. The zero-order valence-electron chi connectivity index (χ0n) is 16.6. The Morgan fingerprint density at radius 3 is 2.76 bits per heavy atom. The smallest absolute Gasteiger partial charge is 0.165 e. The maximum Gasteiger partial charge on any atom is 0.165 e. The van der Waals surface area contributed by atoms with Gasteiger partial charge >= 0.3 is 0 Å². The Labute approximate surface area is 169 Å². The highest BCUT2D eigenvalue weighted by Crippen LogP contribution is 2.47. The summed E-state index contributed by atoms with van der Waals surface area (Å²) in [5.41, 5.74) is 8.47. The molecule has 2 N–H and O–H groups in total. The SMILES string of the molecule is CC1(C)O[C@@H]2[C@@H](COCc3ccccc3)C[C@@H](n3cnc4c(N)ncnc43)[C@@H]2O1. The molecule has 1 aromatic carbocycles. The number of nitrogens with two attached hydrogens (primary N) is 1. The number of hydrogen-bond donors (Lipinski definition) is 1. The van der Waals surface area contributed by atoms with Crippen LogP contribution in [-0.2, 0) is 20.8 Å². The Balaban J connectivity index is 1.38. The molecule has 0 spiro atoms. The van der Waals surface area contributed by atoms with Crippen molar-refractivity contribution >= 4 is 17.0 Å². The van der Waals surface area contributed by atoms with Crippen molar-refractivity contribution in [3.05, 3.63) is 48.5 Å². The Bertz CT molecular complexity index is 1010. The van der Waals surface area contributed by atoms with Crippen LogP contribution in [0.25, 0.3) is 11.2 Å². The average Bonchev–Trinajstić information content (AvgIpc) is 3.35. The topological polar surface area (TPSA) is 97.3 Å². The fourth-order valence-electron chi connectivity index (χ4n) is 4.51. The van der Waals surface area contributed by atoms with Crippen molar-refractivity contribution in [1.82, 2.24) is 19.5 Å². The lowest BCUT2D eigenvalue weighted by atomic mass is 10.1. The first-order chi connectivity index (χ1) is 14.0. The van der Waals surface area contributed by atoms with Crippen molar-refractivity contribution in [3.8, 4) is 0 Å². The lowest BCUT2D eigenvalue weighted by molar-refractivity contribution is -0.162. The molecule has 1 saturated heterocycles. The molecule has 1 saturated carbocycles. The minimum absolute atomic E-state index is 0.0394. The predicted molar refractivity (Wildman–Crippen MR) is 107 cm³/mol. The van der Waals surface area contributed by atoms with E-state index in [1.807, 2.05) is 36.6 Å². The number of ether oxygens (including phenoxy) is 3. The van der Waals surface area contributed by atoms with Crippen LogP contribution in [0.2, 0.25) is 0 Å². The zero-order chi connectivity index (χ0) is 20.0. The largest absolute Gasteiger partial charge is 0.382 e. The number of imidazole rings is 1. The second kappa shape index (κ2) is 7.05. The van der Waals surface area contributed by atoms with Crippen LogP contribution < -0.4 is 5.73 Å². The lowest BCUT2D eigenvalue weighted by Crippen LogP contribution is -2.28. The van der Waals surface area contributed by atoms with Gasteiger partial charge in [0.05, 0.1) is 31.7 Å². The van der Waals surface area contributed by atoms with Gasteiger partial charge in [-0.25, -0.2) is 15.0 Å². The molecule has 2 aliphatic rings. The van der Waals surface area contributed by atoms with Crippen LogP contribution >= 0.6 is 0 Å². The summed E-state index contributed by atoms with van der Waals surface area (Å²) in [5, 5.41) is 0. The number of aromatic nitrogens is 4. The molecule has 4 atom stereocenters. The van der Waals surface area contributed by atoms with Gasteiger partial charge in [0.25, 0.3) is 0 Å². The van der Waals surface area contributed by atoms with E-state index in [4.69, 9.17) is 19.9 Å². The Morgan fingerprint density at radius 1 is 1.14 bits per heavy atom. The first-order valence-corrected chi connectivity index (χ1v) is 9.92. The maximum atomic E-state index is 6.28. The molecule has 5 rings (SSSR count). The number of nitrogen functional groups attached to an aromatic ring is 1. The Kier molecular flexibility index (Phi) is 4.49. The number of rotatable bonds is 5. The summed E-state index contributed by atoms with van der Waals surface area (Å²) in [6, 6.07) is 10.2. The van der Waals surface area contributed by atoms with Gasteiger partial charge in [-0.1, -0.05) is 30.3 Å². The molecule has 0 bridgehead atoms. The molecular formula is C21H25N5O3. The van der Waals surface area contributed by atoms with E-state index < -0.39 is 5.79 Å². The van der Waals surface area contributed by atoms with Gasteiger partial charge in [-0.3, -0.25) is 0 Å². The summed E-state index contributed by atoms with van der Waals surface area (Å²) in [7, 11) is 0. The molecule has 0 unspecified atom stereocenters.